The fourth-order valence-electron chi connectivity index (χ4n) is 2.22. The van der Waals surface area contributed by atoms with E-state index in [1.165, 1.54) is 0 Å². The Bertz CT molecular complexity index is 566. The molecule has 0 aliphatic heterocycles. The number of nitrogens with zero attached hydrogens (tertiary/aromatic N) is 1. The quantitative estimate of drug-likeness (QED) is 0.840. The number of hydrogen-bond acceptors (Lipinski definition) is 4. The third-order valence-electron chi connectivity index (χ3n) is 3.57. The van der Waals surface area contributed by atoms with Gasteiger partial charge in [0.1, 0.15) is 5.60 Å². The summed E-state index contributed by atoms with van der Waals surface area (Å²) in [6.45, 7) is 8.91. The van der Waals surface area contributed by atoms with E-state index in [4.69, 9.17) is 4.74 Å². The second kappa shape index (κ2) is 7.44. The van der Waals surface area contributed by atoms with E-state index >= 15 is 0 Å². The van der Waals surface area contributed by atoms with Gasteiger partial charge in [0.05, 0.1) is 5.41 Å². The van der Waals surface area contributed by atoms with Crippen molar-refractivity contribution in [2.24, 2.45) is 5.41 Å². The Morgan fingerprint density at radius 3 is 2.43 bits per heavy atom. The highest BCUT2D eigenvalue weighted by Crippen LogP contribution is 2.27. The molecular formula is C17H26N2O4. The number of alkyl carbamates (subject to hydrolysis) is 1. The molecule has 6 heteroatoms. The molecule has 1 heterocycles. The Kier molecular flexibility index (Phi) is 6.12. The average molecular weight is 322 g/mol. The topological polar surface area (TPSA) is 88.5 Å². The maximum atomic E-state index is 11.8. The Hall–Kier alpha value is -2.11. The molecule has 0 radical (unpaired) electrons. The van der Waals surface area contributed by atoms with Gasteiger partial charge in [0.2, 0.25) is 0 Å². The van der Waals surface area contributed by atoms with Crippen LogP contribution in [0.25, 0.3) is 0 Å². The minimum atomic E-state index is -1.11. The van der Waals surface area contributed by atoms with Crippen LogP contribution in [0.5, 0.6) is 0 Å². The number of amides is 1. The Labute approximate surface area is 137 Å². The second-order valence-electron chi connectivity index (χ2n) is 6.74. The SMILES string of the molecule is CCC(CNC(=O)OC(C)(C)C)(Cc1cccc(C)n1)C(=O)O. The van der Waals surface area contributed by atoms with Crippen molar-refractivity contribution in [3.8, 4) is 0 Å². The fourth-order valence-corrected chi connectivity index (χ4v) is 2.22. The molecule has 0 saturated carbocycles. The lowest BCUT2D eigenvalue weighted by Crippen LogP contribution is -2.45. The van der Waals surface area contributed by atoms with E-state index < -0.39 is 23.1 Å². The summed E-state index contributed by atoms with van der Waals surface area (Å²) in [7, 11) is 0. The molecule has 1 atom stereocenters. The molecule has 128 valence electrons. The Morgan fingerprint density at radius 2 is 1.96 bits per heavy atom. The zero-order chi connectivity index (χ0) is 17.7. The monoisotopic (exact) mass is 322 g/mol. The molecule has 6 nitrogen and oxygen atoms in total. The molecular weight excluding hydrogens is 296 g/mol. The number of carboxylic acid groups (broad SMARTS) is 1. The van der Waals surface area contributed by atoms with Gasteiger partial charge in [0.15, 0.2) is 0 Å². The third-order valence-corrected chi connectivity index (χ3v) is 3.57. The van der Waals surface area contributed by atoms with E-state index in [1.54, 1.807) is 33.8 Å². The van der Waals surface area contributed by atoms with Crippen LogP contribution in [-0.2, 0) is 16.0 Å². The number of ether oxygens (including phenoxy) is 1. The van der Waals surface area contributed by atoms with Gasteiger partial charge in [0, 0.05) is 24.4 Å². The number of pyridine rings is 1. The summed E-state index contributed by atoms with van der Waals surface area (Å²) >= 11 is 0. The zero-order valence-corrected chi connectivity index (χ0v) is 14.5. The van der Waals surface area contributed by atoms with Crippen molar-refractivity contribution in [1.29, 1.82) is 0 Å². The molecule has 0 bridgehead atoms. The third kappa shape index (κ3) is 5.88. The number of carbonyl (C=O) groups excluding carboxylic acids is 1. The van der Waals surface area contributed by atoms with Gasteiger partial charge in [-0.1, -0.05) is 13.0 Å². The van der Waals surface area contributed by atoms with E-state index in [9.17, 15) is 14.7 Å². The number of aliphatic carboxylic acids is 1. The summed E-state index contributed by atoms with van der Waals surface area (Å²) in [5.41, 5.74) is -0.212. The summed E-state index contributed by atoms with van der Waals surface area (Å²) < 4.78 is 5.17. The molecule has 1 rings (SSSR count). The van der Waals surface area contributed by atoms with E-state index in [-0.39, 0.29) is 13.0 Å². The first-order chi connectivity index (χ1) is 10.6. The lowest BCUT2D eigenvalue weighted by molar-refractivity contribution is -0.148. The van der Waals surface area contributed by atoms with Crippen molar-refractivity contribution >= 4 is 12.1 Å². The van der Waals surface area contributed by atoms with Gasteiger partial charge in [0.25, 0.3) is 0 Å². The number of nitrogens with one attached hydrogen (secondary N) is 1. The summed E-state index contributed by atoms with van der Waals surface area (Å²) in [6, 6.07) is 5.51. The number of rotatable bonds is 6. The van der Waals surface area contributed by atoms with E-state index in [0.717, 1.165) is 5.69 Å². The molecule has 1 aromatic rings. The highest BCUT2D eigenvalue weighted by Gasteiger charge is 2.38. The Morgan fingerprint density at radius 1 is 1.30 bits per heavy atom. The smallest absolute Gasteiger partial charge is 0.407 e. The number of aromatic nitrogens is 1. The molecule has 0 spiro atoms. The van der Waals surface area contributed by atoms with Crippen molar-refractivity contribution in [3.05, 3.63) is 29.6 Å². The fraction of sp³-hybridized carbons (Fsp3) is 0.588. The van der Waals surface area contributed by atoms with Crippen LogP contribution >= 0.6 is 0 Å². The predicted octanol–water partition coefficient (Wildman–Crippen LogP) is 2.94. The summed E-state index contributed by atoms with van der Waals surface area (Å²) in [6.07, 6.45) is -0.00173. The van der Waals surface area contributed by atoms with Gasteiger partial charge < -0.3 is 15.2 Å². The van der Waals surface area contributed by atoms with Crippen molar-refractivity contribution in [2.45, 2.75) is 53.1 Å². The van der Waals surface area contributed by atoms with Crippen LogP contribution < -0.4 is 5.32 Å². The van der Waals surface area contributed by atoms with Gasteiger partial charge >= 0.3 is 12.1 Å². The van der Waals surface area contributed by atoms with E-state index in [2.05, 4.69) is 10.3 Å². The minimum absolute atomic E-state index is 0.0105. The van der Waals surface area contributed by atoms with E-state index in [0.29, 0.717) is 12.1 Å². The van der Waals surface area contributed by atoms with Crippen LogP contribution in [0.1, 0.15) is 45.5 Å². The summed E-state index contributed by atoms with van der Waals surface area (Å²) in [4.78, 5) is 28.0. The van der Waals surface area contributed by atoms with Gasteiger partial charge in [-0.3, -0.25) is 9.78 Å². The summed E-state index contributed by atoms with van der Waals surface area (Å²) in [5, 5.41) is 12.3. The maximum absolute atomic E-state index is 11.8. The number of hydrogen-bond donors (Lipinski definition) is 2. The molecule has 2 N–H and O–H groups in total. The van der Waals surface area contributed by atoms with Crippen molar-refractivity contribution in [2.75, 3.05) is 6.54 Å². The first-order valence-corrected chi connectivity index (χ1v) is 7.71. The van der Waals surface area contributed by atoms with Crippen LogP contribution in [-0.4, -0.2) is 34.3 Å². The molecule has 0 aromatic carbocycles. The number of carboxylic acids is 1. The molecule has 1 aromatic heterocycles. The molecule has 0 aliphatic carbocycles. The van der Waals surface area contributed by atoms with Crippen molar-refractivity contribution in [3.63, 3.8) is 0 Å². The lowest BCUT2D eigenvalue weighted by Gasteiger charge is -2.29. The van der Waals surface area contributed by atoms with Crippen LogP contribution in [0, 0.1) is 12.3 Å². The zero-order valence-electron chi connectivity index (χ0n) is 14.5. The second-order valence-corrected chi connectivity index (χ2v) is 6.74. The van der Waals surface area contributed by atoms with Gasteiger partial charge in [-0.15, -0.1) is 0 Å². The first kappa shape index (κ1) is 18.9. The molecule has 0 saturated heterocycles. The average Bonchev–Trinajstić information content (AvgIpc) is 2.41. The Balaban J connectivity index is 2.86. The lowest BCUT2D eigenvalue weighted by atomic mass is 9.80. The molecule has 23 heavy (non-hydrogen) atoms. The first-order valence-electron chi connectivity index (χ1n) is 7.71. The van der Waals surface area contributed by atoms with Crippen molar-refractivity contribution in [1.82, 2.24) is 10.3 Å². The van der Waals surface area contributed by atoms with Gasteiger partial charge in [-0.2, -0.15) is 0 Å². The summed E-state index contributed by atoms with van der Waals surface area (Å²) in [5.74, 6) is -0.959. The molecule has 1 unspecified atom stereocenters. The highest BCUT2D eigenvalue weighted by atomic mass is 16.6. The van der Waals surface area contributed by atoms with E-state index in [1.807, 2.05) is 19.1 Å². The number of carbonyl (C=O) groups is 2. The van der Waals surface area contributed by atoms with Crippen LogP contribution in [0.2, 0.25) is 0 Å². The highest BCUT2D eigenvalue weighted by molar-refractivity contribution is 5.76. The maximum Gasteiger partial charge on any atom is 0.407 e. The number of aryl methyl sites for hydroxylation is 1. The molecule has 0 fully saturated rings. The van der Waals surface area contributed by atoms with Crippen LogP contribution in [0.4, 0.5) is 4.79 Å². The normalized spacial score (nSPS) is 14.0. The molecule has 0 aliphatic rings. The van der Waals surface area contributed by atoms with Gasteiger partial charge in [-0.05, 0) is 46.2 Å². The largest absolute Gasteiger partial charge is 0.481 e. The minimum Gasteiger partial charge on any atom is -0.481 e. The van der Waals surface area contributed by atoms with Crippen LogP contribution in [0.3, 0.4) is 0 Å². The van der Waals surface area contributed by atoms with Gasteiger partial charge in [-0.25, -0.2) is 4.79 Å². The standard InChI is InChI=1S/C17H26N2O4/c1-6-17(14(20)21,10-13-9-7-8-12(2)19-13)11-18-15(22)23-16(3,4)5/h7-9H,6,10-11H2,1-5H3,(H,18,22)(H,20,21). The van der Waals surface area contributed by atoms with Crippen LogP contribution in [0.15, 0.2) is 18.2 Å². The molecule has 1 amide bonds. The van der Waals surface area contributed by atoms with Crippen molar-refractivity contribution < 1.29 is 19.4 Å². The predicted molar refractivity (Wildman–Crippen MR) is 87.3 cm³/mol.